The highest BCUT2D eigenvalue weighted by atomic mass is 19.1. The minimum absolute atomic E-state index is 0.0242. The van der Waals surface area contributed by atoms with E-state index < -0.39 is 0 Å². The van der Waals surface area contributed by atoms with Gasteiger partial charge in [0.25, 0.3) is 0 Å². The lowest BCUT2D eigenvalue weighted by molar-refractivity contribution is -0.122. The summed E-state index contributed by atoms with van der Waals surface area (Å²) in [6, 6.07) is 10.5. The van der Waals surface area contributed by atoms with Gasteiger partial charge in [-0.25, -0.2) is 4.39 Å². The average molecular weight is 385 g/mol. The Labute approximate surface area is 163 Å². The maximum atomic E-state index is 14.0. The van der Waals surface area contributed by atoms with Crippen LogP contribution < -0.4 is 15.1 Å². The van der Waals surface area contributed by atoms with Crippen LogP contribution in [0.4, 0.5) is 21.7 Å². The first kappa shape index (κ1) is 18.6. The number of hydrogen-bond donors (Lipinski definition) is 1. The number of anilines is 3. The summed E-state index contributed by atoms with van der Waals surface area (Å²) < 4.78 is 19.2. The van der Waals surface area contributed by atoms with Crippen molar-refractivity contribution in [2.24, 2.45) is 5.92 Å². The predicted octanol–water partition coefficient (Wildman–Crippen LogP) is 2.31. The number of piperazine rings is 1. The van der Waals surface area contributed by atoms with E-state index in [1.807, 2.05) is 17.0 Å². The van der Waals surface area contributed by atoms with Crippen molar-refractivity contribution in [1.29, 1.82) is 0 Å². The van der Waals surface area contributed by atoms with Crippen molar-refractivity contribution in [3.05, 3.63) is 42.2 Å². The Kier molecular flexibility index (Phi) is 5.66. The van der Waals surface area contributed by atoms with Crippen molar-refractivity contribution in [2.75, 3.05) is 54.5 Å². The van der Waals surface area contributed by atoms with Gasteiger partial charge in [-0.05, 0) is 37.1 Å². The Bertz CT molecular complexity index is 802. The van der Waals surface area contributed by atoms with Crippen LogP contribution in [0.25, 0.3) is 0 Å². The van der Waals surface area contributed by atoms with E-state index in [1.54, 1.807) is 18.2 Å². The van der Waals surface area contributed by atoms with Gasteiger partial charge in [0, 0.05) is 45.3 Å². The summed E-state index contributed by atoms with van der Waals surface area (Å²) in [5.41, 5.74) is 0.638. The Hall–Kier alpha value is -2.74. The smallest absolute Gasteiger partial charge is 0.228 e. The van der Waals surface area contributed by atoms with E-state index in [-0.39, 0.29) is 17.6 Å². The molecule has 0 aliphatic carbocycles. The van der Waals surface area contributed by atoms with Crippen molar-refractivity contribution in [2.45, 2.75) is 12.8 Å². The van der Waals surface area contributed by atoms with Crippen molar-refractivity contribution < 1.29 is 13.9 Å². The second-order valence-electron chi connectivity index (χ2n) is 7.08. The molecule has 8 heteroatoms. The standard InChI is InChI=1S/C20H24FN5O2/c21-16-3-1-2-4-17(16)25-9-11-26(12-10-25)19-6-5-18(23-24-19)22-20(27)15-7-13-28-14-8-15/h1-6,15H,7-14H2,(H,22,23,27). The summed E-state index contributed by atoms with van der Waals surface area (Å²) in [5, 5.41) is 11.3. The molecule has 0 unspecified atom stereocenters. The Morgan fingerprint density at radius 2 is 1.71 bits per heavy atom. The van der Waals surface area contributed by atoms with Crippen molar-refractivity contribution >= 4 is 23.2 Å². The molecule has 2 aromatic rings. The fraction of sp³-hybridized carbons (Fsp3) is 0.450. The van der Waals surface area contributed by atoms with Crippen LogP contribution in [0.3, 0.4) is 0 Å². The number of amides is 1. The molecule has 4 rings (SSSR count). The average Bonchev–Trinajstić information content (AvgIpc) is 2.75. The van der Waals surface area contributed by atoms with Crippen LogP contribution in [0.1, 0.15) is 12.8 Å². The number of rotatable bonds is 4. The summed E-state index contributed by atoms with van der Waals surface area (Å²) in [6.45, 7) is 4.15. The third-order valence-corrected chi connectivity index (χ3v) is 5.29. The number of nitrogens with zero attached hydrogens (tertiary/aromatic N) is 4. The van der Waals surface area contributed by atoms with E-state index in [1.165, 1.54) is 6.07 Å². The SMILES string of the molecule is O=C(Nc1ccc(N2CCN(c3ccccc3F)CC2)nn1)C1CCOCC1. The molecule has 2 fully saturated rings. The Morgan fingerprint density at radius 3 is 2.39 bits per heavy atom. The molecule has 1 aromatic heterocycles. The zero-order chi connectivity index (χ0) is 19.3. The van der Waals surface area contributed by atoms with Gasteiger partial charge in [0.15, 0.2) is 11.6 Å². The quantitative estimate of drug-likeness (QED) is 0.871. The highest BCUT2D eigenvalue weighted by molar-refractivity contribution is 5.91. The molecule has 1 N–H and O–H groups in total. The van der Waals surface area contributed by atoms with Gasteiger partial charge in [0.2, 0.25) is 5.91 Å². The van der Waals surface area contributed by atoms with Crippen LogP contribution >= 0.6 is 0 Å². The summed E-state index contributed by atoms with van der Waals surface area (Å²) >= 11 is 0. The van der Waals surface area contributed by atoms with E-state index in [0.29, 0.717) is 37.8 Å². The van der Waals surface area contributed by atoms with Gasteiger partial charge in [-0.2, -0.15) is 0 Å². The van der Waals surface area contributed by atoms with Gasteiger partial charge in [0.05, 0.1) is 5.69 Å². The molecule has 2 saturated heterocycles. The minimum Gasteiger partial charge on any atom is -0.381 e. The van der Waals surface area contributed by atoms with E-state index in [4.69, 9.17) is 4.74 Å². The molecular formula is C20H24FN5O2. The number of aromatic nitrogens is 2. The molecule has 28 heavy (non-hydrogen) atoms. The second kappa shape index (κ2) is 8.52. The number of hydrogen-bond acceptors (Lipinski definition) is 6. The monoisotopic (exact) mass is 385 g/mol. The molecule has 2 aliphatic heterocycles. The fourth-order valence-electron chi connectivity index (χ4n) is 3.63. The molecule has 0 bridgehead atoms. The Balaban J connectivity index is 1.32. The fourth-order valence-corrected chi connectivity index (χ4v) is 3.63. The molecule has 0 saturated carbocycles. The number of para-hydroxylation sites is 1. The molecule has 7 nitrogen and oxygen atoms in total. The van der Waals surface area contributed by atoms with Crippen LogP contribution in [0.2, 0.25) is 0 Å². The highest BCUT2D eigenvalue weighted by Crippen LogP contribution is 2.22. The van der Waals surface area contributed by atoms with E-state index >= 15 is 0 Å². The van der Waals surface area contributed by atoms with E-state index in [0.717, 1.165) is 31.7 Å². The summed E-state index contributed by atoms with van der Waals surface area (Å²) in [7, 11) is 0. The largest absolute Gasteiger partial charge is 0.381 e. The zero-order valence-corrected chi connectivity index (χ0v) is 15.7. The Morgan fingerprint density at radius 1 is 1.00 bits per heavy atom. The van der Waals surface area contributed by atoms with Gasteiger partial charge in [0.1, 0.15) is 5.82 Å². The van der Waals surface area contributed by atoms with Crippen LogP contribution in [0.5, 0.6) is 0 Å². The minimum atomic E-state index is -0.194. The maximum absolute atomic E-state index is 14.0. The summed E-state index contributed by atoms with van der Waals surface area (Å²) in [5.74, 6) is 0.980. The lowest BCUT2D eigenvalue weighted by Crippen LogP contribution is -2.47. The lowest BCUT2D eigenvalue weighted by Gasteiger charge is -2.36. The summed E-state index contributed by atoms with van der Waals surface area (Å²) in [6.07, 6.45) is 1.48. The topological polar surface area (TPSA) is 70.6 Å². The first-order chi connectivity index (χ1) is 13.7. The van der Waals surface area contributed by atoms with Gasteiger partial charge in [-0.3, -0.25) is 4.79 Å². The molecule has 0 spiro atoms. The number of ether oxygens (including phenoxy) is 1. The molecule has 1 aromatic carbocycles. The summed E-state index contributed by atoms with van der Waals surface area (Å²) in [4.78, 5) is 16.4. The number of nitrogens with one attached hydrogen (secondary N) is 1. The number of carbonyl (C=O) groups excluding carboxylic acids is 1. The first-order valence-electron chi connectivity index (χ1n) is 9.67. The van der Waals surface area contributed by atoms with Crippen LogP contribution in [0.15, 0.2) is 36.4 Å². The third kappa shape index (κ3) is 4.22. The van der Waals surface area contributed by atoms with Crippen molar-refractivity contribution in [3.8, 4) is 0 Å². The molecule has 0 radical (unpaired) electrons. The van der Waals surface area contributed by atoms with Gasteiger partial charge >= 0.3 is 0 Å². The molecule has 2 aliphatic rings. The first-order valence-corrected chi connectivity index (χ1v) is 9.67. The number of halogens is 1. The third-order valence-electron chi connectivity index (χ3n) is 5.29. The van der Waals surface area contributed by atoms with Gasteiger partial charge in [-0.15, -0.1) is 10.2 Å². The van der Waals surface area contributed by atoms with Crippen molar-refractivity contribution in [1.82, 2.24) is 10.2 Å². The second-order valence-corrected chi connectivity index (χ2v) is 7.08. The van der Waals surface area contributed by atoms with Crippen LogP contribution in [-0.4, -0.2) is 55.5 Å². The maximum Gasteiger partial charge on any atom is 0.228 e. The van der Waals surface area contributed by atoms with Crippen molar-refractivity contribution in [3.63, 3.8) is 0 Å². The normalized spacial score (nSPS) is 18.2. The molecule has 3 heterocycles. The molecule has 148 valence electrons. The number of benzene rings is 1. The van der Waals surface area contributed by atoms with E-state index in [9.17, 15) is 9.18 Å². The van der Waals surface area contributed by atoms with Crippen LogP contribution in [0, 0.1) is 11.7 Å². The zero-order valence-electron chi connectivity index (χ0n) is 15.7. The van der Waals surface area contributed by atoms with Crippen LogP contribution in [-0.2, 0) is 9.53 Å². The molecular weight excluding hydrogens is 361 g/mol. The lowest BCUT2D eigenvalue weighted by atomic mass is 9.99. The molecule has 0 atom stereocenters. The highest BCUT2D eigenvalue weighted by Gasteiger charge is 2.23. The van der Waals surface area contributed by atoms with Gasteiger partial charge in [-0.1, -0.05) is 12.1 Å². The van der Waals surface area contributed by atoms with E-state index in [2.05, 4.69) is 20.4 Å². The molecule has 1 amide bonds. The van der Waals surface area contributed by atoms with Gasteiger partial charge < -0.3 is 19.9 Å². The number of carbonyl (C=O) groups is 1. The predicted molar refractivity (Wildman–Crippen MR) is 105 cm³/mol.